The Hall–Kier alpha value is -1.68. The first-order valence-electron chi connectivity index (χ1n) is 15.6. The summed E-state index contributed by atoms with van der Waals surface area (Å²) in [7, 11) is 0. The largest absolute Gasteiger partial charge is 0.332 e. The molecule has 0 unspecified atom stereocenters. The lowest BCUT2D eigenvalue weighted by Crippen LogP contribution is -2.45. The van der Waals surface area contributed by atoms with Gasteiger partial charge in [0.2, 0.25) is 0 Å². The van der Waals surface area contributed by atoms with E-state index in [1.54, 1.807) is 10.9 Å². The zero-order valence-corrected chi connectivity index (χ0v) is 24.5. The number of fused-ring (bicyclic) bond motifs is 1. The summed E-state index contributed by atoms with van der Waals surface area (Å²) in [5, 5.41) is 10.9. The van der Waals surface area contributed by atoms with E-state index in [0.717, 1.165) is 6.54 Å². The molecule has 0 amide bonds. The number of rotatable bonds is 12. The maximum absolute atomic E-state index is 13.7. The van der Waals surface area contributed by atoms with Crippen molar-refractivity contribution >= 4 is 23.6 Å². The molecular formula is C29H50ClN7O2. The molecule has 0 spiro atoms. The summed E-state index contributed by atoms with van der Waals surface area (Å²) in [4.78, 5) is 31.9. The van der Waals surface area contributed by atoms with Gasteiger partial charge >= 0.3 is 5.69 Å². The van der Waals surface area contributed by atoms with Crippen molar-refractivity contribution in [3.05, 3.63) is 27.2 Å². The molecule has 220 valence electrons. The molecule has 0 atom stereocenters. The topological polar surface area (TPSA) is 97.9 Å². The van der Waals surface area contributed by atoms with Gasteiger partial charge in [0, 0.05) is 57.4 Å². The van der Waals surface area contributed by atoms with Crippen LogP contribution in [0.3, 0.4) is 0 Å². The molecule has 0 radical (unpaired) electrons. The molecule has 2 aromatic rings. The van der Waals surface area contributed by atoms with Crippen LogP contribution in [0.25, 0.3) is 11.2 Å². The monoisotopic (exact) mass is 563 g/mol. The molecule has 2 heterocycles. The maximum Gasteiger partial charge on any atom is 0.332 e. The summed E-state index contributed by atoms with van der Waals surface area (Å²) < 4.78 is 5.15. The van der Waals surface area contributed by atoms with Crippen LogP contribution in [0.4, 0.5) is 0 Å². The number of halogens is 1. The number of hydrogen-bond donors (Lipinski definition) is 3. The second-order valence-electron chi connectivity index (χ2n) is 11.9. The molecular weight excluding hydrogens is 514 g/mol. The quantitative estimate of drug-likeness (QED) is 0.365. The SMILES string of the molecule is Cl.O=c1c2c(ncn2CCNC2CCCCC2)n(CCNC2CCCCC2)c(=O)n1CCNC1CCCCC1. The zero-order chi connectivity index (χ0) is 26.2. The average molecular weight is 564 g/mol. The Labute approximate surface area is 238 Å². The minimum Gasteiger partial charge on any atom is -0.323 e. The first kappa shape index (κ1) is 30.3. The van der Waals surface area contributed by atoms with Crippen LogP contribution in [0, 0.1) is 0 Å². The molecule has 10 heteroatoms. The minimum atomic E-state index is -0.232. The lowest BCUT2D eigenvalue weighted by atomic mass is 9.95. The van der Waals surface area contributed by atoms with Gasteiger partial charge in [0.1, 0.15) is 0 Å². The van der Waals surface area contributed by atoms with E-state index >= 15 is 0 Å². The number of nitrogens with zero attached hydrogens (tertiary/aromatic N) is 4. The first-order valence-corrected chi connectivity index (χ1v) is 15.6. The molecule has 3 fully saturated rings. The van der Waals surface area contributed by atoms with Gasteiger partial charge in [0.05, 0.1) is 6.33 Å². The van der Waals surface area contributed by atoms with Gasteiger partial charge in [-0.05, 0) is 38.5 Å². The van der Waals surface area contributed by atoms with Crippen molar-refractivity contribution in [2.45, 2.75) is 134 Å². The van der Waals surface area contributed by atoms with Crippen molar-refractivity contribution in [1.29, 1.82) is 0 Å². The second kappa shape index (κ2) is 15.4. The fraction of sp³-hybridized carbons (Fsp3) is 0.828. The Morgan fingerprint density at radius 3 is 1.56 bits per heavy atom. The van der Waals surface area contributed by atoms with Crippen molar-refractivity contribution in [2.75, 3.05) is 19.6 Å². The third-order valence-electron chi connectivity index (χ3n) is 9.12. The summed E-state index contributed by atoms with van der Waals surface area (Å²) in [6.45, 7) is 3.77. The molecule has 3 aliphatic carbocycles. The van der Waals surface area contributed by atoms with Crippen molar-refractivity contribution < 1.29 is 0 Å². The van der Waals surface area contributed by atoms with E-state index < -0.39 is 0 Å². The highest BCUT2D eigenvalue weighted by atomic mass is 35.5. The normalized spacial score (nSPS) is 19.9. The van der Waals surface area contributed by atoms with Crippen LogP contribution in [-0.2, 0) is 19.6 Å². The Morgan fingerprint density at radius 2 is 1.08 bits per heavy atom. The zero-order valence-electron chi connectivity index (χ0n) is 23.7. The van der Waals surface area contributed by atoms with Crippen LogP contribution >= 0.6 is 12.4 Å². The van der Waals surface area contributed by atoms with E-state index in [1.807, 2.05) is 4.57 Å². The fourth-order valence-electron chi connectivity index (χ4n) is 6.88. The Kier molecular flexibility index (Phi) is 11.9. The number of nitrogens with one attached hydrogen (secondary N) is 3. The summed E-state index contributed by atoms with van der Waals surface area (Å²) in [5.74, 6) is 0. The molecule has 0 aromatic carbocycles. The highest BCUT2D eigenvalue weighted by Crippen LogP contribution is 2.19. The van der Waals surface area contributed by atoms with Crippen molar-refractivity contribution in [3.63, 3.8) is 0 Å². The molecule has 0 bridgehead atoms. The summed E-state index contributed by atoms with van der Waals surface area (Å²) >= 11 is 0. The minimum absolute atomic E-state index is 0. The first-order chi connectivity index (χ1) is 18.7. The van der Waals surface area contributed by atoms with Crippen LogP contribution in [0.2, 0.25) is 0 Å². The van der Waals surface area contributed by atoms with E-state index in [1.165, 1.54) is 101 Å². The van der Waals surface area contributed by atoms with Gasteiger partial charge in [0.15, 0.2) is 11.2 Å². The van der Waals surface area contributed by atoms with Gasteiger partial charge in [-0.1, -0.05) is 57.8 Å². The van der Waals surface area contributed by atoms with Crippen LogP contribution in [0.15, 0.2) is 15.9 Å². The highest BCUT2D eigenvalue weighted by Gasteiger charge is 2.20. The number of hydrogen-bond acceptors (Lipinski definition) is 6. The third kappa shape index (κ3) is 7.96. The molecule has 39 heavy (non-hydrogen) atoms. The molecule has 5 rings (SSSR count). The average Bonchev–Trinajstić information content (AvgIpc) is 3.38. The number of imidazole rings is 1. The molecule has 3 aliphatic rings. The second-order valence-corrected chi connectivity index (χ2v) is 11.9. The van der Waals surface area contributed by atoms with Crippen molar-refractivity contribution in [1.82, 2.24) is 34.6 Å². The van der Waals surface area contributed by atoms with E-state index in [0.29, 0.717) is 62.0 Å². The lowest BCUT2D eigenvalue weighted by molar-refractivity contribution is 0.360. The number of aromatic nitrogens is 4. The van der Waals surface area contributed by atoms with Crippen molar-refractivity contribution in [3.8, 4) is 0 Å². The Morgan fingerprint density at radius 1 is 0.641 bits per heavy atom. The van der Waals surface area contributed by atoms with Gasteiger partial charge in [-0.15, -0.1) is 12.4 Å². The summed E-state index contributed by atoms with van der Waals surface area (Å²) in [5.41, 5.74) is 0.649. The van der Waals surface area contributed by atoms with Crippen molar-refractivity contribution in [2.24, 2.45) is 0 Å². The fourth-order valence-corrected chi connectivity index (χ4v) is 6.88. The predicted octanol–water partition coefficient (Wildman–Crippen LogP) is 3.55. The van der Waals surface area contributed by atoms with Crippen LogP contribution in [-0.4, -0.2) is 56.4 Å². The molecule has 0 aliphatic heterocycles. The Balaban J connectivity index is 0.00000353. The van der Waals surface area contributed by atoms with Crippen LogP contribution in [0.5, 0.6) is 0 Å². The van der Waals surface area contributed by atoms with E-state index in [-0.39, 0.29) is 23.7 Å². The van der Waals surface area contributed by atoms with E-state index in [2.05, 4.69) is 20.9 Å². The maximum atomic E-state index is 13.7. The Bertz CT molecular complexity index is 1130. The van der Waals surface area contributed by atoms with Gasteiger partial charge in [0.25, 0.3) is 5.56 Å². The molecule has 2 aromatic heterocycles. The summed E-state index contributed by atoms with van der Waals surface area (Å²) in [6.07, 6.45) is 20.7. The van der Waals surface area contributed by atoms with Crippen LogP contribution < -0.4 is 27.2 Å². The lowest BCUT2D eigenvalue weighted by Gasteiger charge is -2.24. The molecule has 3 saturated carbocycles. The molecule has 9 nitrogen and oxygen atoms in total. The predicted molar refractivity (Wildman–Crippen MR) is 160 cm³/mol. The third-order valence-corrected chi connectivity index (χ3v) is 9.12. The van der Waals surface area contributed by atoms with Gasteiger partial charge in [-0.25, -0.2) is 9.78 Å². The van der Waals surface area contributed by atoms with E-state index in [9.17, 15) is 9.59 Å². The van der Waals surface area contributed by atoms with Gasteiger partial charge in [-0.2, -0.15) is 0 Å². The van der Waals surface area contributed by atoms with Gasteiger partial charge in [-0.3, -0.25) is 13.9 Å². The van der Waals surface area contributed by atoms with Gasteiger partial charge < -0.3 is 20.5 Å². The highest BCUT2D eigenvalue weighted by molar-refractivity contribution is 5.85. The molecule has 0 saturated heterocycles. The smallest absolute Gasteiger partial charge is 0.323 e. The standard InChI is InChI=1S/C29H49N7O2.ClH/c37-28-26-27(33-22-34(26)19-16-30-23-10-4-1-5-11-23)35(20-17-31-24-12-6-2-7-13-24)29(38)36(28)21-18-32-25-14-8-3-9-15-25;/h22-25,30-32H,1-21H2;1H. The van der Waals surface area contributed by atoms with E-state index in [4.69, 9.17) is 0 Å². The summed E-state index contributed by atoms with van der Waals surface area (Å²) in [6, 6.07) is 1.61. The molecule has 3 N–H and O–H groups in total. The van der Waals surface area contributed by atoms with Crippen LogP contribution in [0.1, 0.15) is 96.3 Å².